The number of hydrogen-bond donors (Lipinski definition) is 0. The van der Waals surface area contributed by atoms with Crippen LogP contribution in [0.25, 0.3) is 0 Å². The van der Waals surface area contributed by atoms with Crippen molar-refractivity contribution in [3.05, 3.63) is 54.1 Å². The Hall–Kier alpha value is -2.82. The molecule has 0 radical (unpaired) electrons. The monoisotopic (exact) mass is 338 g/mol. The molecule has 2 amide bonds. The number of nitrogens with zero attached hydrogens (tertiary/aromatic N) is 2. The predicted octanol–water partition coefficient (Wildman–Crippen LogP) is 3.03. The van der Waals surface area contributed by atoms with Crippen molar-refractivity contribution in [1.29, 1.82) is 0 Å². The van der Waals surface area contributed by atoms with Crippen LogP contribution in [0.2, 0.25) is 0 Å². The van der Waals surface area contributed by atoms with Gasteiger partial charge in [0.25, 0.3) is 5.91 Å². The predicted molar refractivity (Wildman–Crippen MR) is 98.1 cm³/mol. The molecule has 0 spiro atoms. The fourth-order valence-corrected chi connectivity index (χ4v) is 3.05. The second-order valence-corrected chi connectivity index (χ2v) is 6.11. The molecule has 0 saturated heterocycles. The third-order valence-corrected chi connectivity index (χ3v) is 4.41. The van der Waals surface area contributed by atoms with Crippen molar-refractivity contribution in [3.8, 4) is 5.75 Å². The molecule has 5 nitrogen and oxygen atoms in total. The first kappa shape index (κ1) is 17.0. The average molecular weight is 338 g/mol. The summed E-state index contributed by atoms with van der Waals surface area (Å²) < 4.78 is 5.63. The highest BCUT2D eigenvalue weighted by molar-refractivity contribution is 6.00. The molecular weight excluding hydrogens is 316 g/mol. The SMILES string of the molecule is CCN(C(=O)Cc1ccc2c(c1)N(C)C(=O)C(C)O2)c1ccccc1. The lowest BCUT2D eigenvalue weighted by molar-refractivity contribution is -0.125. The topological polar surface area (TPSA) is 49.9 Å². The highest BCUT2D eigenvalue weighted by atomic mass is 16.5. The molecule has 2 aromatic rings. The molecule has 25 heavy (non-hydrogen) atoms. The van der Waals surface area contributed by atoms with Gasteiger partial charge in [0.15, 0.2) is 6.10 Å². The molecule has 0 fully saturated rings. The number of rotatable bonds is 4. The van der Waals surface area contributed by atoms with E-state index in [1.807, 2.05) is 55.5 Å². The summed E-state index contributed by atoms with van der Waals surface area (Å²) in [7, 11) is 1.73. The fraction of sp³-hybridized carbons (Fsp3) is 0.300. The summed E-state index contributed by atoms with van der Waals surface area (Å²) in [5.41, 5.74) is 2.45. The summed E-state index contributed by atoms with van der Waals surface area (Å²) in [6, 6.07) is 15.2. The summed E-state index contributed by atoms with van der Waals surface area (Å²) in [5.74, 6) is 0.601. The van der Waals surface area contributed by atoms with E-state index in [1.165, 1.54) is 0 Å². The van der Waals surface area contributed by atoms with E-state index in [-0.39, 0.29) is 18.2 Å². The smallest absolute Gasteiger partial charge is 0.267 e. The summed E-state index contributed by atoms with van der Waals surface area (Å²) in [5, 5.41) is 0. The Morgan fingerprint density at radius 1 is 1.20 bits per heavy atom. The molecule has 1 heterocycles. The van der Waals surface area contributed by atoms with Crippen molar-refractivity contribution in [3.63, 3.8) is 0 Å². The molecule has 1 aliphatic heterocycles. The third kappa shape index (κ3) is 3.36. The van der Waals surface area contributed by atoms with E-state index in [1.54, 1.807) is 23.8 Å². The van der Waals surface area contributed by atoms with Gasteiger partial charge in [0.05, 0.1) is 12.1 Å². The highest BCUT2D eigenvalue weighted by Crippen LogP contribution is 2.34. The van der Waals surface area contributed by atoms with Gasteiger partial charge in [0.1, 0.15) is 5.75 Å². The van der Waals surface area contributed by atoms with Gasteiger partial charge in [-0.1, -0.05) is 24.3 Å². The molecule has 3 rings (SSSR count). The molecule has 1 unspecified atom stereocenters. The Morgan fingerprint density at radius 2 is 1.92 bits per heavy atom. The first-order chi connectivity index (χ1) is 12.0. The molecule has 0 aliphatic carbocycles. The maximum absolute atomic E-state index is 12.7. The largest absolute Gasteiger partial charge is 0.479 e. The van der Waals surface area contributed by atoms with Gasteiger partial charge in [0.2, 0.25) is 5.91 Å². The minimum atomic E-state index is -0.487. The van der Waals surface area contributed by atoms with E-state index in [0.29, 0.717) is 18.0 Å². The molecule has 5 heteroatoms. The van der Waals surface area contributed by atoms with Gasteiger partial charge in [-0.05, 0) is 43.7 Å². The van der Waals surface area contributed by atoms with Crippen molar-refractivity contribution >= 4 is 23.2 Å². The molecular formula is C20H22N2O3. The first-order valence-corrected chi connectivity index (χ1v) is 8.43. The zero-order valence-electron chi connectivity index (χ0n) is 14.7. The van der Waals surface area contributed by atoms with Crippen LogP contribution in [0.3, 0.4) is 0 Å². The van der Waals surface area contributed by atoms with Gasteiger partial charge in [0, 0.05) is 19.3 Å². The van der Waals surface area contributed by atoms with Gasteiger partial charge in [-0.15, -0.1) is 0 Å². The summed E-state index contributed by atoms with van der Waals surface area (Å²) >= 11 is 0. The molecule has 1 aliphatic rings. The number of hydrogen-bond acceptors (Lipinski definition) is 3. The molecule has 0 bridgehead atoms. The van der Waals surface area contributed by atoms with E-state index >= 15 is 0 Å². The lowest BCUT2D eigenvalue weighted by Crippen LogP contribution is -2.42. The minimum absolute atomic E-state index is 0.0210. The number of anilines is 2. The Kier molecular flexibility index (Phi) is 4.74. The van der Waals surface area contributed by atoms with Gasteiger partial charge in [-0.2, -0.15) is 0 Å². The van der Waals surface area contributed by atoms with Crippen molar-refractivity contribution in [2.75, 3.05) is 23.4 Å². The Bertz CT molecular complexity index is 789. The number of carbonyl (C=O) groups is 2. The highest BCUT2D eigenvalue weighted by Gasteiger charge is 2.29. The Labute approximate surface area is 147 Å². The second kappa shape index (κ2) is 6.97. The lowest BCUT2D eigenvalue weighted by Gasteiger charge is -2.30. The van der Waals surface area contributed by atoms with Crippen LogP contribution in [0.1, 0.15) is 19.4 Å². The van der Waals surface area contributed by atoms with E-state index in [0.717, 1.165) is 11.3 Å². The molecule has 0 saturated carbocycles. The van der Waals surface area contributed by atoms with Crippen LogP contribution in [0.15, 0.2) is 48.5 Å². The van der Waals surface area contributed by atoms with Gasteiger partial charge >= 0.3 is 0 Å². The van der Waals surface area contributed by atoms with Crippen LogP contribution < -0.4 is 14.5 Å². The van der Waals surface area contributed by atoms with Crippen LogP contribution in [-0.2, 0) is 16.0 Å². The normalized spacial score (nSPS) is 16.2. The molecule has 1 atom stereocenters. The van der Waals surface area contributed by atoms with Crippen LogP contribution in [0.5, 0.6) is 5.75 Å². The van der Waals surface area contributed by atoms with Crippen LogP contribution in [-0.4, -0.2) is 31.5 Å². The van der Waals surface area contributed by atoms with E-state index in [9.17, 15) is 9.59 Å². The van der Waals surface area contributed by atoms with E-state index < -0.39 is 6.10 Å². The maximum Gasteiger partial charge on any atom is 0.267 e. The number of amides is 2. The zero-order valence-corrected chi connectivity index (χ0v) is 14.7. The molecule has 2 aromatic carbocycles. The molecule has 0 aromatic heterocycles. The third-order valence-electron chi connectivity index (χ3n) is 4.41. The van der Waals surface area contributed by atoms with E-state index in [2.05, 4.69) is 0 Å². The number of likely N-dealkylation sites (N-methyl/N-ethyl adjacent to an activating group) is 2. The van der Waals surface area contributed by atoms with Gasteiger partial charge < -0.3 is 14.5 Å². The zero-order chi connectivity index (χ0) is 18.0. The maximum atomic E-state index is 12.7. The summed E-state index contributed by atoms with van der Waals surface area (Å²) in [6.45, 7) is 4.30. The van der Waals surface area contributed by atoms with Gasteiger partial charge in [-0.3, -0.25) is 9.59 Å². The minimum Gasteiger partial charge on any atom is -0.479 e. The van der Waals surface area contributed by atoms with Crippen LogP contribution in [0, 0.1) is 0 Å². The number of fused-ring (bicyclic) bond motifs is 1. The van der Waals surface area contributed by atoms with Crippen molar-refractivity contribution in [2.24, 2.45) is 0 Å². The average Bonchev–Trinajstić information content (AvgIpc) is 2.62. The standard InChI is InChI=1S/C20H22N2O3/c1-4-22(16-8-6-5-7-9-16)19(23)13-15-10-11-18-17(12-15)21(3)20(24)14(2)25-18/h5-12,14H,4,13H2,1-3H3. The number of ether oxygens (including phenoxy) is 1. The molecule has 130 valence electrons. The number of carbonyl (C=O) groups excluding carboxylic acids is 2. The quantitative estimate of drug-likeness (QED) is 0.861. The Balaban J connectivity index is 1.82. The first-order valence-electron chi connectivity index (χ1n) is 8.43. The Morgan fingerprint density at radius 3 is 2.60 bits per heavy atom. The van der Waals surface area contributed by atoms with Crippen molar-refractivity contribution < 1.29 is 14.3 Å². The van der Waals surface area contributed by atoms with Crippen LogP contribution in [0.4, 0.5) is 11.4 Å². The van der Waals surface area contributed by atoms with Gasteiger partial charge in [-0.25, -0.2) is 0 Å². The summed E-state index contributed by atoms with van der Waals surface area (Å²) in [6.07, 6.45) is -0.216. The van der Waals surface area contributed by atoms with Crippen molar-refractivity contribution in [2.45, 2.75) is 26.4 Å². The fourth-order valence-electron chi connectivity index (χ4n) is 3.05. The second-order valence-electron chi connectivity index (χ2n) is 6.11. The lowest BCUT2D eigenvalue weighted by atomic mass is 10.1. The number of para-hydroxylation sites is 1. The number of benzene rings is 2. The molecule has 0 N–H and O–H groups in total. The summed E-state index contributed by atoms with van der Waals surface area (Å²) in [4.78, 5) is 28.2. The van der Waals surface area contributed by atoms with E-state index in [4.69, 9.17) is 4.74 Å². The van der Waals surface area contributed by atoms with Crippen LogP contribution >= 0.6 is 0 Å². The van der Waals surface area contributed by atoms with Crippen molar-refractivity contribution in [1.82, 2.24) is 0 Å².